The first-order valence-electron chi connectivity index (χ1n) is 8.60. The second kappa shape index (κ2) is 7.14. The molecule has 1 aliphatic carbocycles. The SMILES string of the molecule is C=C1C(=O)O[C@H]2CC(CO)=CCCC(COC(=O)[C@]3(C)CO3)=CC[C@H]12. The summed E-state index contributed by atoms with van der Waals surface area (Å²) in [6.45, 7) is 6.11. The molecule has 2 aliphatic heterocycles. The molecule has 0 amide bonds. The molecule has 0 spiro atoms. The molecular formula is C19H24O6. The molecule has 3 aliphatic rings. The Labute approximate surface area is 147 Å². The molecule has 0 saturated carbocycles. The van der Waals surface area contributed by atoms with E-state index in [4.69, 9.17) is 14.2 Å². The lowest BCUT2D eigenvalue weighted by Gasteiger charge is -2.20. The van der Waals surface area contributed by atoms with Crippen molar-refractivity contribution in [3.05, 3.63) is 35.5 Å². The third kappa shape index (κ3) is 4.02. The van der Waals surface area contributed by atoms with Crippen LogP contribution in [-0.2, 0) is 23.8 Å². The van der Waals surface area contributed by atoms with Crippen molar-refractivity contribution >= 4 is 11.9 Å². The number of carbonyl (C=O) groups is 2. The van der Waals surface area contributed by atoms with Crippen LogP contribution in [0.4, 0.5) is 0 Å². The van der Waals surface area contributed by atoms with Crippen LogP contribution in [0.3, 0.4) is 0 Å². The smallest absolute Gasteiger partial charge is 0.340 e. The number of hydrogen-bond donors (Lipinski definition) is 1. The summed E-state index contributed by atoms with van der Waals surface area (Å²) in [6, 6.07) is 0. The molecule has 136 valence electrons. The minimum absolute atomic E-state index is 0.0586. The van der Waals surface area contributed by atoms with Crippen molar-refractivity contribution in [2.24, 2.45) is 5.92 Å². The van der Waals surface area contributed by atoms with Crippen LogP contribution in [0.2, 0.25) is 0 Å². The van der Waals surface area contributed by atoms with E-state index in [1.165, 1.54) is 0 Å². The molecule has 2 fully saturated rings. The minimum Gasteiger partial charge on any atom is -0.459 e. The largest absolute Gasteiger partial charge is 0.459 e. The third-order valence-electron chi connectivity index (χ3n) is 5.04. The lowest BCUT2D eigenvalue weighted by atomic mass is 9.87. The first-order chi connectivity index (χ1) is 11.9. The number of epoxide rings is 1. The summed E-state index contributed by atoms with van der Waals surface area (Å²) in [4.78, 5) is 23.8. The standard InChI is InChI=1S/C19H24O6/c1-12-15-7-6-13(10-23-18(22)19(2)11-24-19)4-3-5-14(9-20)8-16(15)25-17(12)21/h5-6,15-16,20H,1,3-4,7-11H2,2H3/t15-,16+,19+/m1/s1. The number of aliphatic hydroxyl groups excluding tert-OH is 1. The molecule has 0 radical (unpaired) electrons. The summed E-state index contributed by atoms with van der Waals surface area (Å²) < 4.78 is 15.9. The molecule has 6 heteroatoms. The van der Waals surface area contributed by atoms with E-state index in [1.54, 1.807) is 6.92 Å². The Bertz CT molecular complexity index is 640. The van der Waals surface area contributed by atoms with E-state index in [9.17, 15) is 14.7 Å². The Morgan fingerprint density at radius 3 is 2.88 bits per heavy atom. The zero-order valence-electron chi connectivity index (χ0n) is 14.5. The highest BCUT2D eigenvalue weighted by atomic mass is 16.6. The van der Waals surface area contributed by atoms with E-state index in [0.29, 0.717) is 25.0 Å². The quantitative estimate of drug-likeness (QED) is 0.361. The number of aliphatic hydroxyl groups is 1. The van der Waals surface area contributed by atoms with Gasteiger partial charge in [0.1, 0.15) is 12.7 Å². The summed E-state index contributed by atoms with van der Waals surface area (Å²) in [5.41, 5.74) is 1.52. The van der Waals surface area contributed by atoms with Gasteiger partial charge in [-0.3, -0.25) is 0 Å². The number of fused-ring (bicyclic) bond motifs is 1. The fourth-order valence-corrected chi connectivity index (χ4v) is 3.15. The monoisotopic (exact) mass is 348 g/mol. The van der Waals surface area contributed by atoms with Crippen molar-refractivity contribution in [1.82, 2.24) is 0 Å². The predicted octanol–water partition coefficient (Wildman–Crippen LogP) is 1.84. The Balaban J connectivity index is 1.71. The maximum Gasteiger partial charge on any atom is 0.340 e. The molecule has 2 heterocycles. The number of carbonyl (C=O) groups excluding carboxylic acids is 2. The topological polar surface area (TPSA) is 85.4 Å². The lowest BCUT2D eigenvalue weighted by Crippen LogP contribution is -2.24. The maximum atomic E-state index is 11.9. The fraction of sp³-hybridized carbons (Fsp3) is 0.579. The second-order valence-corrected chi connectivity index (χ2v) is 7.03. The third-order valence-corrected chi connectivity index (χ3v) is 5.04. The van der Waals surface area contributed by atoms with Crippen LogP contribution in [-0.4, -0.2) is 48.6 Å². The van der Waals surface area contributed by atoms with Crippen LogP contribution < -0.4 is 0 Å². The fourth-order valence-electron chi connectivity index (χ4n) is 3.15. The van der Waals surface area contributed by atoms with Gasteiger partial charge in [-0.05, 0) is 37.3 Å². The Morgan fingerprint density at radius 1 is 1.44 bits per heavy atom. The highest BCUT2D eigenvalue weighted by Crippen LogP contribution is 2.35. The second-order valence-electron chi connectivity index (χ2n) is 7.03. The van der Waals surface area contributed by atoms with E-state index >= 15 is 0 Å². The number of ether oxygens (including phenoxy) is 3. The summed E-state index contributed by atoms with van der Waals surface area (Å²) >= 11 is 0. The predicted molar refractivity (Wildman–Crippen MR) is 89.5 cm³/mol. The molecule has 0 aromatic heterocycles. The van der Waals surface area contributed by atoms with Crippen molar-refractivity contribution in [1.29, 1.82) is 0 Å². The van der Waals surface area contributed by atoms with Crippen LogP contribution in [0.5, 0.6) is 0 Å². The normalized spacial score (nSPS) is 32.2. The van der Waals surface area contributed by atoms with Crippen LogP contribution in [0.25, 0.3) is 0 Å². The van der Waals surface area contributed by atoms with Crippen molar-refractivity contribution in [3.8, 4) is 0 Å². The summed E-state index contributed by atoms with van der Waals surface area (Å²) in [5.74, 6) is -0.832. The summed E-state index contributed by atoms with van der Waals surface area (Å²) in [6.07, 6.45) is 6.29. The van der Waals surface area contributed by atoms with Gasteiger partial charge < -0.3 is 19.3 Å². The Morgan fingerprint density at radius 2 is 2.20 bits per heavy atom. The van der Waals surface area contributed by atoms with Gasteiger partial charge in [0.05, 0.1) is 13.2 Å². The molecule has 1 N–H and O–H groups in total. The summed E-state index contributed by atoms with van der Waals surface area (Å²) in [7, 11) is 0. The number of esters is 2. The van der Waals surface area contributed by atoms with Gasteiger partial charge in [0.15, 0.2) is 5.60 Å². The van der Waals surface area contributed by atoms with Gasteiger partial charge in [0.2, 0.25) is 0 Å². The molecule has 6 nitrogen and oxygen atoms in total. The van der Waals surface area contributed by atoms with Crippen LogP contribution in [0.15, 0.2) is 35.5 Å². The van der Waals surface area contributed by atoms with Gasteiger partial charge in [-0.15, -0.1) is 0 Å². The number of hydrogen-bond acceptors (Lipinski definition) is 6. The molecule has 0 bridgehead atoms. The van der Waals surface area contributed by atoms with E-state index in [-0.39, 0.29) is 37.2 Å². The first kappa shape index (κ1) is 17.9. The zero-order valence-corrected chi connectivity index (χ0v) is 14.5. The van der Waals surface area contributed by atoms with E-state index in [1.807, 2.05) is 12.2 Å². The molecule has 0 aromatic rings. The van der Waals surface area contributed by atoms with Crippen LogP contribution in [0, 0.1) is 5.92 Å². The van der Waals surface area contributed by atoms with Crippen molar-refractivity contribution in [2.75, 3.05) is 19.8 Å². The average Bonchev–Trinajstić information content (AvgIpc) is 3.29. The number of allylic oxidation sites excluding steroid dienone is 2. The minimum atomic E-state index is -0.786. The average molecular weight is 348 g/mol. The molecule has 0 aromatic carbocycles. The molecule has 0 unspecified atom stereocenters. The van der Waals surface area contributed by atoms with Crippen LogP contribution >= 0.6 is 0 Å². The lowest BCUT2D eigenvalue weighted by molar-refractivity contribution is -0.148. The van der Waals surface area contributed by atoms with Crippen molar-refractivity contribution in [2.45, 2.75) is 44.3 Å². The molecule has 2 saturated heterocycles. The number of rotatable bonds is 4. The van der Waals surface area contributed by atoms with Gasteiger partial charge in [-0.2, -0.15) is 0 Å². The Kier molecular flexibility index (Phi) is 5.11. The van der Waals surface area contributed by atoms with Gasteiger partial charge in [-0.25, -0.2) is 9.59 Å². The maximum absolute atomic E-state index is 11.9. The summed E-state index contributed by atoms with van der Waals surface area (Å²) in [5, 5.41) is 9.53. The van der Waals surface area contributed by atoms with Gasteiger partial charge in [0.25, 0.3) is 0 Å². The Hall–Kier alpha value is -1.92. The van der Waals surface area contributed by atoms with E-state index in [0.717, 1.165) is 24.0 Å². The van der Waals surface area contributed by atoms with Crippen LogP contribution in [0.1, 0.15) is 32.6 Å². The van der Waals surface area contributed by atoms with Crippen molar-refractivity contribution < 1.29 is 28.9 Å². The van der Waals surface area contributed by atoms with Crippen molar-refractivity contribution in [3.63, 3.8) is 0 Å². The molecular weight excluding hydrogens is 324 g/mol. The van der Waals surface area contributed by atoms with Gasteiger partial charge >= 0.3 is 11.9 Å². The highest BCUT2D eigenvalue weighted by Gasteiger charge is 2.49. The molecule has 3 rings (SSSR count). The molecule has 25 heavy (non-hydrogen) atoms. The highest BCUT2D eigenvalue weighted by molar-refractivity contribution is 5.90. The zero-order chi connectivity index (χ0) is 18.0. The molecule has 3 atom stereocenters. The first-order valence-corrected chi connectivity index (χ1v) is 8.60. The van der Waals surface area contributed by atoms with E-state index in [2.05, 4.69) is 6.58 Å². The van der Waals surface area contributed by atoms with Gasteiger partial charge in [0, 0.05) is 17.9 Å². The van der Waals surface area contributed by atoms with E-state index < -0.39 is 5.60 Å². The van der Waals surface area contributed by atoms with Gasteiger partial charge in [-0.1, -0.05) is 18.7 Å².